The van der Waals surface area contributed by atoms with Crippen LogP contribution in [0, 0.1) is 5.82 Å². The quantitative estimate of drug-likeness (QED) is 0.686. The summed E-state index contributed by atoms with van der Waals surface area (Å²) in [6, 6.07) is 11.8. The van der Waals surface area contributed by atoms with Crippen molar-refractivity contribution in [3.05, 3.63) is 59.4 Å². The molecular formula is C16H17FN2O. The first-order valence-electron chi connectivity index (χ1n) is 6.33. The maximum absolute atomic E-state index is 13.1. The van der Waals surface area contributed by atoms with Crippen LogP contribution in [0.1, 0.15) is 22.8 Å². The summed E-state index contributed by atoms with van der Waals surface area (Å²) in [6.07, 6.45) is 0. The predicted molar refractivity (Wildman–Crippen MR) is 79.4 cm³/mol. The highest BCUT2D eigenvalue weighted by molar-refractivity contribution is 5.99. The minimum atomic E-state index is -0.248. The van der Waals surface area contributed by atoms with Gasteiger partial charge in [-0.1, -0.05) is 12.1 Å². The lowest BCUT2D eigenvalue weighted by Crippen LogP contribution is -2.17. The zero-order valence-corrected chi connectivity index (χ0v) is 11.6. The van der Waals surface area contributed by atoms with E-state index in [-0.39, 0.29) is 11.6 Å². The fraction of sp³-hybridized carbons (Fsp3) is 0.188. The minimum absolute atomic E-state index is 0.0539. The van der Waals surface area contributed by atoms with Gasteiger partial charge in [0.05, 0.1) is 0 Å². The molecule has 0 spiro atoms. The van der Waals surface area contributed by atoms with Gasteiger partial charge in [-0.25, -0.2) is 4.39 Å². The SMILES string of the molecule is CC(=O)c1ccc(N(C)Cc2cccc(F)c2)cc1N. The molecule has 0 fully saturated rings. The van der Waals surface area contributed by atoms with Gasteiger partial charge >= 0.3 is 0 Å². The van der Waals surface area contributed by atoms with Gasteiger partial charge in [0.15, 0.2) is 5.78 Å². The monoisotopic (exact) mass is 272 g/mol. The number of carbonyl (C=O) groups excluding carboxylic acids is 1. The highest BCUT2D eigenvalue weighted by atomic mass is 19.1. The molecule has 0 radical (unpaired) electrons. The van der Waals surface area contributed by atoms with E-state index in [0.29, 0.717) is 17.8 Å². The molecule has 20 heavy (non-hydrogen) atoms. The summed E-state index contributed by atoms with van der Waals surface area (Å²) in [5.74, 6) is -0.302. The molecule has 0 atom stereocenters. The van der Waals surface area contributed by atoms with Gasteiger partial charge in [0.1, 0.15) is 5.82 Å². The molecule has 0 aromatic heterocycles. The minimum Gasteiger partial charge on any atom is -0.398 e. The van der Waals surface area contributed by atoms with Crippen molar-refractivity contribution in [3.63, 3.8) is 0 Å². The van der Waals surface area contributed by atoms with Crippen LogP contribution >= 0.6 is 0 Å². The predicted octanol–water partition coefficient (Wildman–Crippen LogP) is 3.25. The lowest BCUT2D eigenvalue weighted by Gasteiger charge is -2.20. The van der Waals surface area contributed by atoms with Crippen molar-refractivity contribution < 1.29 is 9.18 Å². The number of nitrogen functional groups attached to an aromatic ring is 1. The van der Waals surface area contributed by atoms with Crippen LogP contribution < -0.4 is 10.6 Å². The summed E-state index contributed by atoms with van der Waals surface area (Å²) in [6.45, 7) is 2.05. The second-order valence-electron chi connectivity index (χ2n) is 4.81. The number of rotatable bonds is 4. The molecule has 0 aliphatic heterocycles. The van der Waals surface area contributed by atoms with Gasteiger partial charge in [-0.05, 0) is 42.8 Å². The largest absolute Gasteiger partial charge is 0.398 e. The van der Waals surface area contributed by atoms with E-state index >= 15 is 0 Å². The number of ketones is 1. The van der Waals surface area contributed by atoms with Gasteiger partial charge in [0, 0.05) is 30.5 Å². The molecule has 0 amide bonds. The first-order valence-corrected chi connectivity index (χ1v) is 6.33. The average molecular weight is 272 g/mol. The van der Waals surface area contributed by atoms with Gasteiger partial charge in [-0.2, -0.15) is 0 Å². The standard InChI is InChI=1S/C16H17FN2O/c1-11(20)15-7-6-14(9-16(15)18)19(2)10-12-4-3-5-13(17)8-12/h3-9H,10,18H2,1-2H3. The molecular weight excluding hydrogens is 255 g/mol. The molecule has 104 valence electrons. The van der Waals surface area contributed by atoms with E-state index in [2.05, 4.69) is 0 Å². The van der Waals surface area contributed by atoms with Crippen LogP contribution in [0.2, 0.25) is 0 Å². The van der Waals surface area contributed by atoms with E-state index in [0.717, 1.165) is 11.3 Å². The lowest BCUT2D eigenvalue weighted by molar-refractivity contribution is 0.101. The highest BCUT2D eigenvalue weighted by Gasteiger charge is 2.08. The molecule has 0 saturated heterocycles. The first-order chi connectivity index (χ1) is 9.47. The number of hydrogen-bond donors (Lipinski definition) is 1. The van der Waals surface area contributed by atoms with Crippen LogP contribution in [0.15, 0.2) is 42.5 Å². The molecule has 0 bridgehead atoms. The Bertz CT molecular complexity index is 640. The van der Waals surface area contributed by atoms with E-state index in [9.17, 15) is 9.18 Å². The number of Topliss-reactive ketones (excluding diaryl/α,β-unsaturated/α-hetero) is 1. The Morgan fingerprint density at radius 2 is 2.00 bits per heavy atom. The smallest absolute Gasteiger partial charge is 0.161 e. The zero-order valence-electron chi connectivity index (χ0n) is 11.6. The van der Waals surface area contributed by atoms with Gasteiger partial charge < -0.3 is 10.6 Å². The Hall–Kier alpha value is -2.36. The molecule has 2 rings (SSSR count). The Morgan fingerprint density at radius 1 is 1.25 bits per heavy atom. The van der Waals surface area contributed by atoms with E-state index in [1.807, 2.05) is 24.1 Å². The highest BCUT2D eigenvalue weighted by Crippen LogP contribution is 2.22. The summed E-state index contributed by atoms with van der Waals surface area (Å²) < 4.78 is 13.1. The van der Waals surface area contributed by atoms with Gasteiger partial charge in [-0.3, -0.25) is 4.79 Å². The molecule has 0 aliphatic carbocycles. The number of nitrogens with two attached hydrogens (primary N) is 1. The molecule has 0 aliphatic rings. The second kappa shape index (κ2) is 5.74. The Morgan fingerprint density at radius 3 is 2.60 bits per heavy atom. The number of benzene rings is 2. The third-order valence-electron chi connectivity index (χ3n) is 3.16. The van der Waals surface area contributed by atoms with Crippen LogP contribution in [0.25, 0.3) is 0 Å². The molecule has 0 saturated carbocycles. The van der Waals surface area contributed by atoms with Crippen molar-refractivity contribution in [1.29, 1.82) is 0 Å². The van der Waals surface area contributed by atoms with Crippen molar-refractivity contribution in [3.8, 4) is 0 Å². The maximum atomic E-state index is 13.1. The molecule has 0 unspecified atom stereocenters. The second-order valence-corrected chi connectivity index (χ2v) is 4.81. The van der Waals surface area contributed by atoms with E-state index < -0.39 is 0 Å². The summed E-state index contributed by atoms with van der Waals surface area (Å²) in [5, 5.41) is 0. The summed E-state index contributed by atoms with van der Waals surface area (Å²) >= 11 is 0. The van der Waals surface area contributed by atoms with Crippen molar-refractivity contribution in [2.75, 3.05) is 17.7 Å². The third kappa shape index (κ3) is 3.15. The molecule has 2 aromatic rings. The number of halogens is 1. The van der Waals surface area contributed by atoms with Crippen LogP contribution in [-0.2, 0) is 6.54 Å². The van der Waals surface area contributed by atoms with E-state index in [4.69, 9.17) is 5.73 Å². The normalized spacial score (nSPS) is 10.3. The number of nitrogens with zero attached hydrogens (tertiary/aromatic N) is 1. The number of hydrogen-bond acceptors (Lipinski definition) is 3. The summed E-state index contributed by atoms with van der Waals surface area (Å²) in [7, 11) is 1.90. The topological polar surface area (TPSA) is 46.3 Å². The average Bonchev–Trinajstić information content (AvgIpc) is 2.38. The molecule has 2 aromatic carbocycles. The molecule has 2 N–H and O–H groups in total. The first kappa shape index (κ1) is 14.1. The Kier molecular flexibility index (Phi) is 4.03. The van der Waals surface area contributed by atoms with Gasteiger partial charge in [0.2, 0.25) is 0 Å². The summed E-state index contributed by atoms with van der Waals surface area (Å²) in [5.41, 5.74) is 8.61. The fourth-order valence-corrected chi connectivity index (χ4v) is 2.11. The van der Waals surface area contributed by atoms with E-state index in [1.54, 1.807) is 18.2 Å². The van der Waals surface area contributed by atoms with Crippen LogP contribution in [0.4, 0.5) is 15.8 Å². The number of carbonyl (C=O) groups is 1. The third-order valence-corrected chi connectivity index (χ3v) is 3.16. The van der Waals surface area contributed by atoms with E-state index in [1.165, 1.54) is 19.1 Å². The molecule has 0 heterocycles. The van der Waals surface area contributed by atoms with Crippen molar-refractivity contribution in [1.82, 2.24) is 0 Å². The van der Waals surface area contributed by atoms with Gasteiger partial charge in [-0.15, -0.1) is 0 Å². The van der Waals surface area contributed by atoms with Crippen molar-refractivity contribution >= 4 is 17.2 Å². The van der Waals surface area contributed by atoms with Crippen LogP contribution in [0.3, 0.4) is 0 Å². The maximum Gasteiger partial charge on any atom is 0.161 e. The molecule has 4 heteroatoms. The zero-order chi connectivity index (χ0) is 14.7. The van der Waals surface area contributed by atoms with Crippen molar-refractivity contribution in [2.24, 2.45) is 0 Å². The Balaban J connectivity index is 2.19. The molecule has 3 nitrogen and oxygen atoms in total. The van der Waals surface area contributed by atoms with Crippen LogP contribution in [0.5, 0.6) is 0 Å². The fourth-order valence-electron chi connectivity index (χ4n) is 2.11. The number of anilines is 2. The summed E-state index contributed by atoms with van der Waals surface area (Å²) in [4.78, 5) is 13.3. The van der Waals surface area contributed by atoms with Crippen LogP contribution in [-0.4, -0.2) is 12.8 Å². The lowest BCUT2D eigenvalue weighted by atomic mass is 10.1. The van der Waals surface area contributed by atoms with Gasteiger partial charge in [0.25, 0.3) is 0 Å². The Labute approximate surface area is 117 Å². The van der Waals surface area contributed by atoms with Crippen molar-refractivity contribution in [2.45, 2.75) is 13.5 Å².